The summed E-state index contributed by atoms with van der Waals surface area (Å²) in [7, 11) is 0. The molecule has 1 N–H and O–H groups in total. The molecule has 1 aliphatic carbocycles. The lowest BCUT2D eigenvalue weighted by atomic mass is 9.82. The largest absolute Gasteiger partial charge is 0.481 e. The highest BCUT2D eigenvalue weighted by molar-refractivity contribution is 9.10. The van der Waals surface area contributed by atoms with Gasteiger partial charge in [0, 0.05) is 34.4 Å². The van der Waals surface area contributed by atoms with E-state index >= 15 is 0 Å². The molecule has 0 radical (unpaired) electrons. The van der Waals surface area contributed by atoms with Crippen LogP contribution in [-0.2, 0) is 9.53 Å². The Morgan fingerprint density at radius 3 is 2.69 bits per heavy atom. The fourth-order valence-electron chi connectivity index (χ4n) is 3.74. The maximum absolute atomic E-state index is 11.1. The molecular weight excluding hydrogens is 398 g/mol. The fourth-order valence-corrected chi connectivity index (χ4v) is 4.49. The van der Waals surface area contributed by atoms with Crippen LogP contribution in [0.4, 0.5) is 0 Å². The van der Waals surface area contributed by atoms with Crippen molar-refractivity contribution in [3.8, 4) is 5.88 Å². The summed E-state index contributed by atoms with van der Waals surface area (Å²) >= 11 is 3.77. The van der Waals surface area contributed by atoms with E-state index in [1.807, 2.05) is 6.92 Å². The summed E-state index contributed by atoms with van der Waals surface area (Å²) in [4.78, 5) is 15.9. The first-order valence-corrected chi connectivity index (χ1v) is 9.89. The molecule has 1 aromatic heterocycles. The number of carbonyl (C=O) groups is 1. The number of aromatic nitrogens is 1. The van der Waals surface area contributed by atoms with Gasteiger partial charge in [-0.3, -0.25) is 4.79 Å². The summed E-state index contributed by atoms with van der Waals surface area (Å²) in [6.07, 6.45) is 2.93. The second-order valence-electron chi connectivity index (χ2n) is 7.30. The number of hydrogen-bond donors (Lipinski definition) is 1. The van der Waals surface area contributed by atoms with Gasteiger partial charge in [0.25, 0.3) is 0 Å². The van der Waals surface area contributed by atoms with Gasteiger partial charge in [-0.2, -0.15) is 0 Å². The van der Waals surface area contributed by atoms with Crippen molar-refractivity contribution < 1.29 is 19.4 Å². The lowest BCUT2D eigenvalue weighted by Crippen LogP contribution is -2.38. The molecule has 1 aromatic carbocycles. The number of aliphatic carboxylic acids is 1. The second kappa shape index (κ2) is 7.16. The minimum atomic E-state index is -0.739. The van der Waals surface area contributed by atoms with Gasteiger partial charge in [-0.05, 0) is 54.6 Å². The monoisotopic (exact) mass is 419 g/mol. The zero-order valence-electron chi connectivity index (χ0n) is 14.7. The van der Waals surface area contributed by atoms with Crippen molar-refractivity contribution in [3.63, 3.8) is 0 Å². The second-order valence-corrected chi connectivity index (χ2v) is 8.09. The fraction of sp³-hybridized carbons (Fsp3) is 0.500. The predicted octanol–water partition coefficient (Wildman–Crippen LogP) is 4.44. The Labute approximate surface area is 160 Å². The van der Waals surface area contributed by atoms with Crippen LogP contribution in [0.5, 0.6) is 5.88 Å². The molecule has 4 rings (SSSR count). The van der Waals surface area contributed by atoms with Crippen molar-refractivity contribution in [1.82, 2.24) is 4.98 Å². The normalized spacial score (nSPS) is 23.6. The summed E-state index contributed by atoms with van der Waals surface area (Å²) in [6, 6.07) is 6.28. The lowest BCUT2D eigenvalue weighted by Gasteiger charge is -2.33. The van der Waals surface area contributed by atoms with Crippen LogP contribution in [0.3, 0.4) is 0 Å². The van der Waals surface area contributed by atoms with Crippen molar-refractivity contribution in [2.24, 2.45) is 5.92 Å². The van der Waals surface area contributed by atoms with Gasteiger partial charge in [-0.1, -0.05) is 17.7 Å². The van der Waals surface area contributed by atoms with E-state index < -0.39 is 5.97 Å². The molecule has 6 heteroatoms. The molecule has 2 fully saturated rings. The average Bonchev–Trinajstić information content (AvgIpc) is 2.59. The molecule has 2 aliphatic rings. The van der Waals surface area contributed by atoms with Crippen molar-refractivity contribution in [2.75, 3.05) is 13.2 Å². The van der Waals surface area contributed by atoms with Crippen molar-refractivity contribution in [2.45, 2.75) is 44.6 Å². The van der Waals surface area contributed by atoms with Crippen molar-refractivity contribution in [3.05, 3.63) is 33.9 Å². The number of ether oxygens (including phenoxy) is 2. The van der Waals surface area contributed by atoms with Crippen LogP contribution in [0.2, 0.25) is 0 Å². The average molecular weight is 420 g/mol. The summed E-state index contributed by atoms with van der Waals surface area (Å²) in [6.45, 7) is 3.56. The number of rotatable bonds is 4. The Morgan fingerprint density at radius 2 is 2.00 bits per heavy atom. The number of nitrogens with zero attached hydrogens (tertiary/aromatic N) is 1. The first kappa shape index (κ1) is 17.7. The molecular formula is C20H22BrNO4. The van der Waals surface area contributed by atoms with Crippen LogP contribution in [0.25, 0.3) is 10.8 Å². The van der Waals surface area contributed by atoms with E-state index in [1.54, 1.807) is 0 Å². The summed E-state index contributed by atoms with van der Waals surface area (Å²) in [5.41, 5.74) is 2.17. The first-order chi connectivity index (χ1) is 12.5. The Balaban J connectivity index is 1.71. The van der Waals surface area contributed by atoms with E-state index in [9.17, 15) is 4.79 Å². The Kier molecular flexibility index (Phi) is 4.88. The first-order valence-electron chi connectivity index (χ1n) is 9.10. The molecule has 1 aliphatic heterocycles. The van der Waals surface area contributed by atoms with Crippen LogP contribution >= 0.6 is 15.9 Å². The number of carboxylic acids is 1. The highest BCUT2D eigenvalue weighted by Gasteiger charge is 2.37. The van der Waals surface area contributed by atoms with Gasteiger partial charge in [0.05, 0.1) is 11.6 Å². The highest BCUT2D eigenvalue weighted by Crippen LogP contribution is 2.41. The molecule has 0 spiro atoms. The molecule has 0 amide bonds. The number of carboxylic acid groups (broad SMARTS) is 1. The molecule has 2 heterocycles. The zero-order chi connectivity index (χ0) is 18.3. The van der Waals surface area contributed by atoms with E-state index in [1.165, 1.54) is 0 Å². The predicted molar refractivity (Wildman–Crippen MR) is 102 cm³/mol. The Hall–Kier alpha value is -1.66. The maximum atomic E-state index is 11.1. The number of aryl methyl sites for hydroxylation is 1. The van der Waals surface area contributed by atoms with Gasteiger partial charge in [0.2, 0.25) is 5.88 Å². The minimum Gasteiger partial charge on any atom is -0.481 e. The van der Waals surface area contributed by atoms with Crippen LogP contribution in [-0.4, -0.2) is 35.4 Å². The van der Waals surface area contributed by atoms with Gasteiger partial charge in [0.1, 0.15) is 6.10 Å². The molecule has 1 saturated carbocycles. The van der Waals surface area contributed by atoms with Gasteiger partial charge in [0.15, 0.2) is 0 Å². The number of benzene rings is 1. The summed E-state index contributed by atoms with van der Waals surface area (Å²) in [5.74, 6) is -0.0582. The van der Waals surface area contributed by atoms with E-state index in [2.05, 4.69) is 34.1 Å². The van der Waals surface area contributed by atoms with E-state index in [4.69, 9.17) is 19.6 Å². The standard InChI is InChI=1S/C20H22BrNO4/c1-11-2-3-15-16(8-11)19(26-14-9-13(10-14)20(23)24)22-18(17(15)21)12-4-6-25-7-5-12/h2-3,8,12-14H,4-7,9-10H2,1H3,(H,23,24)/t13-,14-. The molecule has 0 atom stereocenters. The molecule has 1 saturated heterocycles. The van der Waals surface area contributed by atoms with E-state index in [0.717, 1.165) is 52.6 Å². The highest BCUT2D eigenvalue weighted by atomic mass is 79.9. The Bertz CT molecular complexity index is 841. The van der Waals surface area contributed by atoms with Gasteiger partial charge >= 0.3 is 5.97 Å². The minimum absolute atomic E-state index is 0.0731. The zero-order valence-corrected chi connectivity index (χ0v) is 16.3. The molecule has 0 bridgehead atoms. The van der Waals surface area contributed by atoms with Crippen molar-refractivity contribution >= 4 is 32.7 Å². The smallest absolute Gasteiger partial charge is 0.306 e. The van der Waals surface area contributed by atoms with Crippen molar-refractivity contribution in [1.29, 1.82) is 0 Å². The third-order valence-electron chi connectivity index (χ3n) is 5.42. The summed E-state index contributed by atoms with van der Waals surface area (Å²) < 4.78 is 12.7. The molecule has 26 heavy (non-hydrogen) atoms. The molecule has 2 aromatic rings. The number of hydrogen-bond acceptors (Lipinski definition) is 4. The summed E-state index contributed by atoms with van der Waals surface area (Å²) in [5, 5.41) is 11.2. The van der Waals surface area contributed by atoms with E-state index in [0.29, 0.717) is 24.6 Å². The maximum Gasteiger partial charge on any atom is 0.306 e. The van der Waals surface area contributed by atoms with Gasteiger partial charge in [-0.15, -0.1) is 0 Å². The molecule has 5 nitrogen and oxygen atoms in total. The molecule has 0 unspecified atom stereocenters. The third kappa shape index (κ3) is 3.32. The quantitative estimate of drug-likeness (QED) is 0.792. The van der Waals surface area contributed by atoms with E-state index in [-0.39, 0.29) is 12.0 Å². The third-order valence-corrected chi connectivity index (χ3v) is 6.25. The molecule has 138 valence electrons. The van der Waals surface area contributed by atoms with Crippen LogP contribution in [0.15, 0.2) is 22.7 Å². The topological polar surface area (TPSA) is 68.7 Å². The van der Waals surface area contributed by atoms with Crippen LogP contribution in [0.1, 0.15) is 42.9 Å². The number of halogens is 1. The van der Waals surface area contributed by atoms with Gasteiger partial charge < -0.3 is 14.6 Å². The lowest BCUT2D eigenvalue weighted by molar-refractivity contribution is -0.148. The van der Waals surface area contributed by atoms with Crippen LogP contribution < -0.4 is 4.74 Å². The van der Waals surface area contributed by atoms with Crippen LogP contribution in [0, 0.1) is 12.8 Å². The van der Waals surface area contributed by atoms with Gasteiger partial charge in [-0.25, -0.2) is 4.98 Å². The number of pyridine rings is 1. The SMILES string of the molecule is Cc1ccc2c(Br)c(C3CCOCC3)nc(O[C@H]3C[C@H](C(=O)O)C3)c2c1. The number of fused-ring (bicyclic) bond motifs is 1. The Morgan fingerprint density at radius 1 is 1.27 bits per heavy atom.